The Morgan fingerprint density at radius 3 is 2.62 bits per heavy atom. The molecule has 0 saturated carbocycles. The molecule has 0 radical (unpaired) electrons. The number of hydrogen-bond acceptors (Lipinski definition) is 5. The summed E-state index contributed by atoms with van der Waals surface area (Å²) in [7, 11) is 1.99. The molecular formula is C18H21N7O. The van der Waals surface area contributed by atoms with Gasteiger partial charge >= 0.3 is 0 Å². The number of rotatable bonds is 4. The van der Waals surface area contributed by atoms with E-state index in [4.69, 9.17) is 0 Å². The van der Waals surface area contributed by atoms with Crippen molar-refractivity contribution in [2.24, 2.45) is 7.05 Å². The Hall–Kier alpha value is -3.03. The number of benzene rings is 1. The molecule has 1 aliphatic heterocycles. The van der Waals surface area contributed by atoms with E-state index in [-0.39, 0.29) is 5.91 Å². The van der Waals surface area contributed by atoms with Crippen molar-refractivity contribution in [2.75, 3.05) is 13.1 Å². The number of aromatic nitrogens is 6. The van der Waals surface area contributed by atoms with E-state index >= 15 is 0 Å². The van der Waals surface area contributed by atoms with Crippen molar-refractivity contribution in [3.63, 3.8) is 0 Å². The largest absolute Gasteiger partial charge is 0.339 e. The van der Waals surface area contributed by atoms with E-state index in [9.17, 15) is 4.79 Å². The third-order valence-electron chi connectivity index (χ3n) is 4.94. The Morgan fingerprint density at radius 2 is 1.92 bits per heavy atom. The molecule has 0 bridgehead atoms. The Morgan fingerprint density at radius 1 is 1.15 bits per heavy atom. The molecule has 134 valence electrons. The van der Waals surface area contributed by atoms with Crippen LogP contribution in [0, 0.1) is 0 Å². The number of carbonyl (C=O) groups excluding carboxylic acids is 1. The van der Waals surface area contributed by atoms with Gasteiger partial charge in [0.25, 0.3) is 5.91 Å². The lowest BCUT2D eigenvalue weighted by molar-refractivity contribution is 0.0710. The van der Waals surface area contributed by atoms with E-state index in [2.05, 4.69) is 20.3 Å². The highest BCUT2D eigenvalue weighted by Gasteiger charge is 2.27. The van der Waals surface area contributed by atoms with Crippen LogP contribution in [0.5, 0.6) is 0 Å². The lowest BCUT2D eigenvalue weighted by Crippen LogP contribution is -2.38. The summed E-state index contributed by atoms with van der Waals surface area (Å²) in [4.78, 5) is 18.4. The predicted molar refractivity (Wildman–Crippen MR) is 94.4 cm³/mol. The highest BCUT2D eigenvalue weighted by atomic mass is 16.2. The molecule has 0 unspecified atom stereocenters. The highest BCUT2D eigenvalue weighted by Crippen LogP contribution is 2.27. The lowest BCUT2D eigenvalue weighted by atomic mass is 9.95. The van der Waals surface area contributed by atoms with Gasteiger partial charge in [-0.3, -0.25) is 4.79 Å². The van der Waals surface area contributed by atoms with Gasteiger partial charge in [-0.2, -0.15) is 5.10 Å². The molecule has 0 atom stereocenters. The topological polar surface area (TPSA) is 81.7 Å². The summed E-state index contributed by atoms with van der Waals surface area (Å²) in [6.45, 7) is 2.03. The van der Waals surface area contributed by atoms with E-state index < -0.39 is 0 Å². The fraction of sp³-hybridized carbons (Fsp3) is 0.389. The molecule has 0 spiro atoms. The Bertz CT molecular complexity index is 864. The second kappa shape index (κ2) is 7.07. The summed E-state index contributed by atoms with van der Waals surface area (Å²) in [5, 5.41) is 12.8. The average Bonchev–Trinajstić information content (AvgIpc) is 3.33. The van der Waals surface area contributed by atoms with E-state index in [0.29, 0.717) is 12.5 Å². The van der Waals surface area contributed by atoms with E-state index in [0.717, 1.165) is 43.1 Å². The Balaban J connectivity index is 1.40. The van der Waals surface area contributed by atoms with Gasteiger partial charge < -0.3 is 9.47 Å². The molecule has 1 amide bonds. The van der Waals surface area contributed by atoms with E-state index in [1.165, 1.54) is 6.33 Å². The highest BCUT2D eigenvalue weighted by molar-refractivity contribution is 5.94. The van der Waals surface area contributed by atoms with Crippen molar-refractivity contribution in [1.82, 2.24) is 34.4 Å². The molecule has 26 heavy (non-hydrogen) atoms. The van der Waals surface area contributed by atoms with Crippen molar-refractivity contribution in [2.45, 2.75) is 25.3 Å². The minimum Gasteiger partial charge on any atom is -0.339 e. The fourth-order valence-electron chi connectivity index (χ4n) is 3.43. The second-order valence-electron chi connectivity index (χ2n) is 6.56. The molecule has 1 fully saturated rings. The number of hydrogen-bond donors (Lipinski definition) is 0. The molecule has 8 heteroatoms. The van der Waals surface area contributed by atoms with Crippen molar-refractivity contribution in [3.8, 4) is 0 Å². The number of piperidine rings is 1. The van der Waals surface area contributed by atoms with Gasteiger partial charge in [0.15, 0.2) is 5.82 Å². The Labute approximate surface area is 151 Å². The molecule has 8 nitrogen and oxygen atoms in total. The summed E-state index contributed by atoms with van der Waals surface area (Å²) in [5.41, 5.74) is 0.750. The summed E-state index contributed by atoms with van der Waals surface area (Å²) in [6, 6.07) is 9.46. The van der Waals surface area contributed by atoms with Gasteiger partial charge in [-0.25, -0.2) is 9.67 Å². The molecular weight excluding hydrogens is 330 g/mol. The van der Waals surface area contributed by atoms with Crippen molar-refractivity contribution in [3.05, 3.63) is 60.2 Å². The molecule has 4 rings (SSSR count). The van der Waals surface area contributed by atoms with Crippen LogP contribution in [-0.2, 0) is 13.6 Å². The minimum absolute atomic E-state index is 0.105. The van der Waals surface area contributed by atoms with Gasteiger partial charge in [0.05, 0.1) is 0 Å². The maximum Gasteiger partial charge on any atom is 0.253 e. The van der Waals surface area contributed by atoms with Gasteiger partial charge in [0.2, 0.25) is 0 Å². The summed E-state index contributed by atoms with van der Waals surface area (Å²) in [6.07, 6.45) is 4.97. The standard InChI is InChI=1S/C18H21N7O/c1-23-16(11-25-13-19-12-20-25)21-22-17(23)14-7-9-24(10-8-14)18(26)15-5-3-2-4-6-15/h2-6,12-14H,7-11H2,1H3. The zero-order valence-electron chi connectivity index (χ0n) is 14.7. The molecule has 1 saturated heterocycles. The van der Waals surface area contributed by atoms with Crippen molar-refractivity contribution in [1.29, 1.82) is 0 Å². The van der Waals surface area contributed by atoms with Crippen LogP contribution in [0.4, 0.5) is 0 Å². The van der Waals surface area contributed by atoms with E-state index in [1.54, 1.807) is 11.0 Å². The van der Waals surface area contributed by atoms with Crippen molar-refractivity contribution < 1.29 is 4.79 Å². The third-order valence-corrected chi connectivity index (χ3v) is 4.94. The first-order valence-corrected chi connectivity index (χ1v) is 8.77. The Kier molecular flexibility index (Phi) is 4.47. The summed E-state index contributed by atoms with van der Waals surface area (Å²) < 4.78 is 3.77. The van der Waals surface area contributed by atoms with Crippen LogP contribution in [0.25, 0.3) is 0 Å². The number of carbonyl (C=O) groups is 1. The molecule has 3 heterocycles. The van der Waals surface area contributed by atoms with Gasteiger partial charge in [-0.15, -0.1) is 10.2 Å². The minimum atomic E-state index is 0.105. The molecule has 2 aromatic heterocycles. The van der Waals surface area contributed by atoms with Gasteiger partial charge in [0.1, 0.15) is 25.0 Å². The third kappa shape index (κ3) is 3.22. The number of likely N-dealkylation sites (tertiary alicyclic amines) is 1. The van der Waals surface area contributed by atoms with Crippen LogP contribution in [0.2, 0.25) is 0 Å². The first-order valence-electron chi connectivity index (χ1n) is 8.77. The molecule has 1 aliphatic rings. The average molecular weight is 351 g/mol. The van der Waals surface area contributed by atoms with Crippen molar-refractivity contribution >= 4 is 5.91 Å². The molecule has 1 aromatic carbocycles. The first kappa shape index (κ1) is 16.4. The predicted octanol–water partition coefficient (Wildman–Crippen LogP) is 1.47. The van der Waals surface area contributed by atoms with Gasteiger partial charge in [0, 0.05) is 31.6 Å². The van der Waals surface area contributed by atoms with Crippen LogP contribution >= 0.6 is 0 Å². The maximum atomic E-state index is 12.6. The maximum absolute atomic E-state index is 12.6. The zero-order valence-corrected chi connectivity index (χ0v) is 14.7. The van der Waals surface area contributed by atoms with Gasteiger partial charge in [-0.05, 0) is 25.0 Å². The zero-order chi connectivity index (χ0) is 17.9. The molecule has 3 aromatic rings. The molecule has 0 N–H and O–H groups in total. The van der Waals surface area contributed by atoms with Crippen LogP contribution in [0.3, 0.4) is 0 Å². The molecule has 0 aliphatic carbocycles. The fourth-order valence-corrected chi connectivity index (χ4v) is 3.43. The monoisotopic (exact) mass is 351 g/mol. The van der Waals surface area contributed by atoms with Crippen LogP contribution in [0.15, 0.2) is 43.0 Å². The number of nitrogens with zero attached hydrogens (tertiary/aromatic N) is 7. The smallest absolute Gasteiger partial charge is 0.253 e. The number of amides is 1. The van der Waals surface area contributed by atoms with E-state index in [1.807, 2.05) is 46.8 Å². The van der Waals surface area contributed by atoms with Crippen LogP contribution < -0.4 is 0 Å². The normalized spacial score (nSPS) is 15.3. The van der Waals surface area contributed by atoms with Crippen LogP contribution in [0.1, 0.15) is 40.8 Å². The second-order valence-corrected chi connectivity index (χ2v) is 6.56. The SMILES string of the molecule is Cn1c(Cn2cncn2)nnc1C1CCN(C(=O)c2ccccc2)CC1. The quantitative estimate of drug-likeness (QED) is 0.711. The lowest BCUT2D eigenvalue weighted by Gasteiger charge is -2.31. The first-order chi connectivity index (χ1) is 12.7. The summed E-state index contributed by atoms with van der Waals surface area (Å²) in [5.74, 6) is 2.26. The van der Waals surface area contributed by atoms with Gasteiger partial charge in [-0.1, -0.05) is 18.2 Å². The van der Waals surface area contributed by atoms with Crippen LogP contribution in [-0.4, -0.2) is 53.4 Å². The summed E-state index contributed by atoms with van der Waals surface area (Å²) >= 11 is 0.